The minimum atomic E-state index is -3.54. The summed E-state index contributed by atoms with van der Waals surface area (Å²) in [6.45, 7) is 3.29. The van der Waals surface area contributed by atoms with E-state index in [2.05, 4.69) is 46.8 Å². The van der Waals surface area contributed by atoms with Crippen LogP contribution in [0.5, 0.6) is 0 Å². The molecule has 8 heteroatoms. The van der Waals surface area contributed by atoms with Crippen molar-refractivity contribution in [3.63, 3.8) is 0 Å². The molecular weight excluding hydrogens is 410 g/mol. The van der Waals surface area contributed by atoms with Crippen molar-refractivity contribution in [2.45, 2.75) is 31.1 Å². The van der Waals surface area contributed by atoms with E-state index in [1.54, 1.807) is 31.3 Å². The van der Waals surface area contributed by atoms with Gasteiger partial charge in [0, 0.05) is 37.6 Å². The Morgan fingerprint density at radius 1 is 1.10 bits per heavy atom. The SMILES string of the molecule is CCc1cccc(-c2cnc3nc2NCCCCN(C)S(=O)(=O)c2cccc(c2)N3)c1. The number of hydrogen-bond donors (Lipinski definition) is 2. The molecule has 3 aromatic rings. The van der Waals surface area contributed by atoms with Gasteiger partial charge < -0.3 is 10.6 Å². The highest BCUT2D eigenvalue weighted by Gasteiger charge is 2.21. The van der Waals surface area contributed by atoms with Crippen LogP contribution < -0.4 is 10.6 Å². The summed E-state index contributed by atoms with van der Waals surface area (Å²) in [6.07, 6.45) is 4.34. The summed E-state index contributed by atoms with van der Waals surface area (Å²) in [5.74, 6) is 1.18. The van der Waals surface area contributed by atoms with Gasteiger partial charge in [0.25, 0.3) is 0 Å². The number of aromatic nitrogens is 2. The Morgan fingerprint density at radius 2 is 1.94 bits per heavy atom. The molecule has 4 bridgehead atoms. The second-order valence-corrected chi connectivity index (χ2v) is 9.67. The molecule has 2 aromatic carbocycles. The Kier molecular flexibility index (Phi) is 6.20. The first-order chi connectivity index (χ1) is 15.0. The maximum atomic E-state index is 12.8. The smallest absolute Gasteiger partial charge is 0.242 e. The molecule has 7 nitrogen and oxygen atoms in total. The van der Waals surface area contributed by atoms with Crippen molar-refractivity contribution < 1.29 is 8.42 Å². The molecule has 0 aliphatic carbocycles. The molecule has 0 radical (unpaired) electrons. The summed E-state index contributed by atoms with van der Waals surface area (Å²) in [6, 6.07) is 15.2. The summed E-state index contributed by atoms with van der Waals surface area (Å²) in [4.78, 5) is 9.45. The third-order valence-electron chi connectivity index (χ3n) is 5.43. The fourth-order valence-electron chi connectivity index (χ4n) is 3.58. The lowest BCUT2D eigenvalue weighted by Crippen LogP contribution is -2.28. The van der Waals surface area contributed by atoms with Gasteiger partial charge in [-0.15, -0.1) is 0 Å². The van der Waals surface area contributed by atoms with Crippen LogP contribution in [0.1, 0.15) is 25.3 Å². The third-order valence-corrected chi connectivity index (χ3v) is 7.28. The number of hydrogen-bond acceptors (Lipinski definition) is 6. The van der Waals surface area contributed by atoms with Crippen LogP contribution in [-0.2, 0) is 16.4 Å². The van der Waals surface area contributed by atoms with Crippen LogP contribution in [0.2, 0.25) is 0 Å². The highest BCUT2D eigenvalue weighted by Crippen LogP contribution is 2.29. The number of rotatable bonds is 2. The first-order valence-electron chi connectivity index (χ1n) is 10.5. The van der Waals surface area contributed by atoms with Gasteiger partial charge in [-0.3, -0.25) is 0 Å². The molecule has 0 spiro atoms. The van der Waals surface area contributed by atoms with Crippen molar-refractivity contribution in [2.24, 2.45) is 0 Å². The van der Waals surface area contributed by atoms with Gasteiger partial charge in [-0.2, -0.15) is 4.98 Å². The van der Waals surface area contributed by atoms with E-state index in [4.69, 9.17) is 4.98 Å². The molecule has 0 unspecified atom stereocenters. The quantitative estimate of drug-likeness (QED) is 0.622. The zero-order valence-electron chi connectivity index (χ0n) is 17.8. The highest BCUT2D eigenvalue weighted by atomic mass is 32.2. The van der Waals surface area contributed by atoms with Gasteiger partial charge in [0.1, 0.15) is 5.82 Å². The van der Waals surface area contributed by atoms with Crippen LogP contribution in [-0.4, -0.2) is 42.8 Å². The van der Waals surface area contributed by atoms with Gasteiger partial charge in [0.15, 0.2) is 0 Å². The number of fused-ring (bicyclic) bond motifs is 4. The predicted molar refractivity (Wildman–Crippen MR) is 124 cm³/mol. The average Bonchev–Trinajstić information content (AvgIpc) is 2.78. The molecule has 0 amide bonds. The van der Waals surface area contributed by atoms with E-state index in [9.17, 15) is 8.42 Å². The Labute approximate surface area is 183 Å². The molecule has 2 heterocycles. The Morgan fingerprint density at radius 3 is 2.77 bits per heavy atom. The number of nitrogens with one attached hydrogen (secondary N) is 2. The Hall–Kier alpha value is -2.97. The minimum absolute atomic E-state index is 0.253. The maximum absolute atomic E-state index is 12.8. The largest absolute Gasteiger partial charge is 0.369 e. The molecule has 1 aliphatic heterocycles. The monoisotopic (exact) mass is 437 g/mol. The lowest BCUT2D eigenvalue weighted by atomic mass is 10.0. The van der Waals surface area contributed by atoms with Gasteiger partial charge in [-0.1, -0.05) is 37.3 Å². The highest BCUT2D eigenvalue weighted by molar-refractivity contribution is 7.89. The van der Waals surface area contributed by atoms with Crippen molar-refractivity contribution in [1.29, 1.82) is 0 Å². The number of anilines is 3. The molecule has 162 valence electrons. The summed E-state index contributed by atoms with van der Waals surface area (Å²) in [5.41, 5.74) is 3.90. The number of benzene rings is 2. The van der Waals surface area contributed by atoms with Crippen LogP contribution >= 0.6 is 0 Å². The summed E-state index contributed by atoms with van der Waals surface area (Å²) in [7, 11) is -1.91. The third kappa shape index (κ3) is 4.70. The van der Waals surface area contributed by atoms with Crippen LogP contribution in [0, 0.1) is 0 Å². The van der Waals surface area contributed by atoms with Crippen molar-refractivity contribution >= 4 is 27.5 Å². The second kappa shape index (κ2) is 9.03. The normalized spacial score (nSPS) is 16.6. The Balaban J connectivity index is 1.74. The minimum Gasteiger partial charge on any atom is -0.369 e. The molecule has 0 atom stereocenters. The molecular formula is C23H27N5O2S. The van der Waals surface area contributed by atoms with E-state index < -0.39 is 10.0 Å². The Bertz CT molecular complexity index is 1180. The van der Waals surface area contributed by atoms with Crippen molar-refractivity contribution in [1.82, 2.24) is 14.3 Å². The number of sulfonamides is 1. The first kappa shape index (κ1) is 21.3. The topological polar surface area (TPSA) is 87.2 Å². The molecule has 2 N–H and O–H groups in total. The first-order valence-corrected chi connectivity index (χ1v) is 11.9. The van der Waals surface area contributed by atoms with Gasteiger partial charge in [-0.05, 0) is 48.6 Å². The fourth-order valence-corrected chi connectivity index (χ4v) is 4.83. The van der Waals surface area contributed by atoms with E-state index >= 15 is 0 Å². The van der Waals surface area contributed by atoms with E-state index in [0.29, 0.717) is 24.7 Å². The van der Waals surface area contributed by atoms with Crippen molar-refractivity contribution in [3.05, 3.63) is 60.3 Å². The lowest BCUT2D eigenvalue weighted by Gasteiger charge is -2.19. The zero-order chi connectivity index (χ0) is 21.8. The van der Waals surface area contributed by atoms with E-state index in [1.165, 1.54) is 9.87 Å². The van der Waals surface area contributed by atoms with Gasteiger partial charge in [0.2, 0.25) is 16.0 Å². The molecule has 0 fully saturated rings. The van der Waals surface area contributed by atoms with Crippen molar-refractivity contribution in [3.8, 4) is 11.1 Å². The number of aryl methyl sites for hydroxylation is 1. The van der Waals surface area contributed by atoms with Crippen molar-refractivity contribution in [2.75, 3.05) is 30.8 Å². The standard InChI is InChI=1S/C23H27N5O2S/c1-3-17-8-6-9-18(14-17)21-16-25-23-26-19-10-7-11-20(15-19)31(29,30)28(2)13-5-4-12-24-22(21)27-23/h6-11,14-16H,3-5,12-13H2,1-2H3,(H2,24,25,26,27). The molecule has 1 aliphatic rings. The molecule has 1 aromatic heterocycles. The molecule has 0 saturated carbocycles. The van der Waals surface area contributed by atoms with Crippen LogP contribution in [0.15, 0.2) is 59.6 Å². The lowest BCUT2D eigenvalue weighted by molar-refractivity contribution is 0.457. The van der Waals surface area contributed by atoms with E-state index in [0.717, 1.165) is 36.2 Å². The van der Waals surface area contributed by atoms with Gasteiger partial charge in [0.05, 0.1) is 4.90 Å². The second-order valence-electron chi connectivity index (χ2n) is 7.62. The summed E-state index contributed by atoms with van der Waals surface area (Å²) < 4.78 is 27.1. The maximum Gasteiger partial charge on any atom is 0.242 e. The predicted octanol–water partition coefficient (Wildman–Crippen LogP) is 4.28. The molecule has 0 saturated heterocycles. The van der Waals surface area contributed by atoms with Gasteiger partial charge >= 0.3 is 0 Å². The van der Waals surface area contributed by atoms with Crippen LogP contribution in [0.3, 0.4) is 0 Å². The van der Waals surface area contributed by atoms with E-state index in [1.807, 2.05) is 6.20 Å². The average molecular weight is 438 g/mol. The number of nitrogens with zero attached hydrogens (tertiary/aromatic N) is 3. The molecule has 4 rings (SSSR count). The molecule has 31 heavy (non-hydrogen) atoms. The van der Waals surface area contributed by atoms with Crippen LogP contribution in [0.25, 0.3) is 11.1 Å². The zero-order valence-corrected chi connectivity index (χ0v) is 18.6. The van der Waals surface area contributed by atoms with Crippen LogP contribution in [0.4, 0.5) is 17.5 Å². The summed E-state index contributed by atoms with van der Waals surface area (Å²) in [5, 5.41) is 6.57. The fraction of sp³-hybridized carbons (Fsp3) is 0.304. The van der Waals surface area contributed by atoms with Gasteiger partial charge in [-0.25, -0.2) is 17.7 Å². The van der Waals surface area contributed by atoms with E-state index in [-0.39, 0.29) is 4.90 Å². The summed E-state index contributed by atoms with van der Waals surface area (Å²) >= 11 is 0.